The minimum atomic E-state index is -3.39. The van der Waals surface area contributed by atoms with E-state index >= 15 is 0 Å². The van der Waals surface area contributed by atoms with Crippen molar-refractivity contribution in [3.63, 3.8) is 0 Å². The van der Waals surface area contributed by atoms with E-state index < -0.39 is 10.0 Å². The molecule has 0 aromatic heterocycles. The van der Waals surface area contributed by atoms with Crippen molar-refractivity contribution in [3.05, 3.63) is 58.7 Å². The molecule has 47 heavy (non-hydrogen) atoms. The van der Waals surface area contributed by atoms with Gasteiger partial charge in [0.1, 0.15) is 12.1 Å². The van der Waals surface area contributed by atoms with Gasteiger partial charge in [-0.05, 0) is 60.6 Å². The van der Waals surface area contributed by atoms with Crippen LogP contribution in [0.2, 0.25) is 0 Å². The summed E-state index contributed by atoms with van der Waals surface area (Å²) in [5.74, 6) is 0.433. The molecule has 4 N–H and O–H groups in total. The number of nitrogens with zero attached hydrogens (tertiary/aromatic N) is 2. The molecule has 2 rings (SSSR count). The van der Waals surface area contributed by atoms with Crippen LogP contribution < -0.4 is 20.9 Å². The van der Waals surface area contributed by atoms with E-state index in [0.717, 1.165) is 24.7 Å². The Kier molecular flexibility index (Phi) is 19.0. The Morgan fingerprint density at radius 2 is 1.28 bits per heavy atom. The number of nitrogens with one attached hydrogen (secondary N) is 4. The summed E-state index contributed by atoms with van der Waals surface area (Å²) in [5, 5.41) is 22.2. The zero-order valence-electron chi connectivity index (χ0n) is 28.8. The molecule has 0 aliphatic carbocycles. The predicted octanol–water partition coefficient (Wildman–Crippen LogP) is 8.92. The van der Waals surface area contributed by atoms with E-state index in [2.05, 4.69) is 46.9 Å². The van der Waals surface area contributed by atoms with Gasteiger partial charge in [-0.15, -0.1) is 0 Å². The van der Waals surface area contributed by atoms with E-state index in [9.17, 15) is 23.7 Å². The number of anilines is 2. The molecule has 0 aliphatic rings. The monoisotopic (exact) mass is 664 g/mol. The SMILES string of the molecule is CCCCCCCCCCC(CCCCCCCC)CNC(=O)NNc1cc(C#N)c(C#N)cc1Cc1ccc(NS(C)(=O)=O)cc1. The number of carbonyl (C=O) groups excluding carboxylic acids is 1. The molecule has 1 atom stereocenters. The highest BCUT2D eigenvalue weighted by molar-refractivity contribution is 7.92. The lowest BCUT2D eigenvalue weighted by Gasteiger charge is -2.19. The number of sulfonamides is 1. The maximum absolute atomic E-state index is 12.9. The Labute approximate surface area is 283 Å². The molecule has 9 nitrogen and oxygen atoms in total. The van der Waals surface area contributed by atoms with Crippen LogP contribution in [-0.4, -0.2) is 27.2 Å². The molecule has 0 fully saturated rings. The highest BCUT2D eigenvalue weighted by Gasteiger charge is 2.14. The largest absolute Gasteiger partial charge is 0.336 e. The standard InChI is InChI=1S/C37H56N6O3S/c1-4-6-8-10-12-13-15-17-19-31(18-16-14-11-9-7-5-2)29-40-37(44)42-41-36-26-34(28-39)33(27-38)25-32(36)24-30-20-22-35(23-21-30)43-47(3,45)46/h20-23,25-26,31,41,43H,4-19,24,29H2,1-3H3,(H2,40,42,44). The first-order valence-electron chi connectivity index (χ1n) is 17.5. The molecule has 2 amide bonds. The number of hydrazine groups is 1. The molecule has 1 unspecified atom stereocenters. The van der Waals surface area contributed by atoms with Gasteiger partial charge in [0, 0.05) is 12.2 Å². The average molecular weight is 665 g/mol. The lowest BCUT2D eigenvalue weighted by molar-refractivity contribution is 0.239. The second-order valence-electron chi connectivity index (χ2n) is 12.7. The van der Waals surface area contributed by atoms with E-state index in [1.54, 1.807) is 36.4 Å². The van der Waals surface area contributed by atoms with Gasteiger partial charge in [-0.1, -0.05) is 116 Å². The van der Waals surface area contributed by atoms with Gasteiger partial charge in [-0.2, -0.15) is 10.5 Å². The summed E-state index contributed by atoms with van der Waals surface area (Å²) in [4.78, 5) is 12.9. The smallest absolute Gasteiger partial charge is 0.333 e. The van der Waals surface area contributed by atoms with Crippen LogP contribution in [-0.2, 0) is 16.4 Å². The number of unbranched alkanes of at least 4 members (excludes halogenated alkanes) is 12. The first-order valence-corrected chi connectivity index (χ1v) is 19.4. The summed E-state index contributed by atoms with van der Waals surface area (Å²) in [6, 6.07) is 13.9. The fraction of sp³-hybridized carbons (Fsp3) is 0.595. The number of amides is 2. The quantitative estimate of drug-likeness (QED) is 0.0651. The number of rotatable bonds is 24. The first-order chi connectivity index (χ1) is 22.7. The summed E-state index contributed by atoms with van der Waals surface area (Å²) in [6.45, 7) is 5.09. The molecule has 0 spiro atoms. The highest BCUT2D eigenvalue weighted by atomic mass is 32.2. The summed E-state index contributed by atoms with van der Waals surface area (Å²) < 4.78 is 25.5. The van der Waals surface area contributed by atoms with Crippen LogP contribution in [0.4, 0.5) is 16.2 Å². The van der Waals surface area contributed by atoms with E-state index in [0.29, 0.717) is 35.8 Å². The third-order valence-corrected chi connectivity index (χ3v) is 9.04. The third-order valence-electron chi connectivity index (χ3n) is 8.43. The van der Waals surface area contributed by atoms with Gasteiger partial charge in [0.15, 0.2) is 0 Å². The van der Waals surface area contributed by atoms with Crippen molar-refractivity contribution in [2.75, 3.05) is 22.9 Å². The minimum Gasteiger partial charge on any atom is -0.336 e. The normalized spacial score (nSPS) is 11.7. The molecule has 2 aromatic carbocycles. The molecule has 0 radical (unpaired) electrons. The number of hydrogen-bond donors (Lipinski definition) is 4. The van der Waals surface area contributed by atoms with Crippen LogP contribution in [0.25, 0.3) is 0 Å². The van der Waals surface area contributed by atoms with Gasteiger partial charge in [0.25, 0.3) is 0 Å². The molecule has 0 aliphatic heterocycles. The molecule has 10 heteroatoms. The van der Waals surface area contributed by atoms with Crippen molar-refractivity contribution >= 4 is 27.4 Å². The van der Waals surface area contributed by atoms with Crippen LogP contribution in [0.1, 0.15) is 139 Å². The number of hydrogen-bond acceptors (Lipinski definition) is 6. The Bertz CT molecular complexity index is 1400. The van der Waals surface area contributed by atoms with Gasteiger partial charge in [-0.3, -0.25) is 15.6 Å². The Morgan fingerprint density at radius 3 is 1.79 bits per heavy atom. The molecular weight excluding hydrogens is 609 g/mol. The lowest BCUT2D eigenvalue weighted by atomic mass is 9.94. The predicted molar refractivity (Wildman–Crippen MR) is 192 cm³/mol. The molecule has 2 aromatic rings. The molecular formula is C37H56N6O3S. The van der Waals surface area contributed by atoms with Crippen molar-refractivity contribution < 1.29 is 13.2 Å². The second-order valence-corrected chi connectivity index (χ2v) is 14.4. The first kappa shape index (κ1) is 39.4. The number of nitriles is 2. The van der Waals surface area contributed by atoms with Crippen molar-refractivity contribution in [2.45, 2.75) is 123 Å². The number of benzene rings is 2. The van der Waals surface area contributed by atoms with E-state index in [-0.39, 0.29) is 17.2 Å². The van der Waals surface area contributed by atoms with Crippen LogP contribution in [0, 0.1) is 28.6 Å². The van der Waals surface area contributed by atoms with E-state index in [1.807, 2.05) is 0 Å². The molecule has 0 heterocycles. The molecule has 0 saturated carbocycles. The van der Waals surface area contributed by atoms with Gasteiger partial charge in [0.05, 0.1) is 23.1 Å². The average Bonchev–Trinajstić information content (AvgIpc) is 3.05. The van der Waals surface area contributed by atoms with Gasteiger partial charge in [0.2, 0.25) is 10.0 Å². The van der Waals surface area contributed by atoms with Crippen LogP contribution >= 0.6 is 0 Å². The van der Waals surface area contributed by atoms with Gasteiger partial charge in [-0.25, -0.2) is 13.2 Å². The summed E-state index contributed by atoms with van der Waals surface area (Å²) >= 11 is 0. The highest BCUT2D eigenvalue weighted by Crippen LogP contribution is 2.25. The maximum Gasteiger partial charge on any atom is 0.333 e. The summed E-state index contributed by atoms with van der Waals surface area (Å²) in [6.07, 6.45) is 21.5. The minimum absolute atomic E-state index is 0.207. The van der Waals surface area contributed by atoms with Crippen molar-refractivity contribution in [1.29, 1.82) is 10.5 Å². The fourth-order valence-electron chi connectivity index (χ4n) is 5.75. The van der Waals surface area contributed by atoms with Crippen molar-refractivity contribution in [1.82, 2.24) is 10.7 Å². The van der Waals surface area contributed by atoms with E-state index in [1.165, 1.54) is 89.9 Å². The summed E-state index contributed by atoms with van der Waals surface area (Å²) in [5.41, 5.74) is 8.67. The van der Waals surface area contributed by atoms with Crippen LogP contribution in [0.15, 0.2) is 36.4 Å². The maximum atomic E-state index is 12.9. The number of urea groups is 1. The molecule has 258 valence electrons. The molecule has 0 saturated heterocycles. The zero-order chi connectivity index (χ0) is 34.3. The zero-order valence-corrected chi connectivity index (χ0v) is 29.6. The summed E-state index contributed by atoms with van der Waals surface area (Å²) in [7, 11) is -3.39. The van der Waals surface area contributed by atoms with Crippen LogP contribution in [0.3, 0.4) is 0 Å². The van der Waals surface area contributed by atoms with Crippen molar-refractivity contribution in [2.24, 2.45) is 5.92 Å². The van der Waals surface area contributed by atoms with Crippen LogP contribution in [0.5, 0.6) is 0 Å². The Balaban J connectivity index is 1.99. The number of carbonyl (C=O) groups is 1. The Hall–Kier alpha value is -3.76. The lowest BCUT2D eigenvalue weighted by Crippen LogP contribution is -2.41. The molecule has 0 bridgehead atoms. The fourth-order valence-corrected chi connectivity index (χ4v) is 6.32. The third kappa shape index (κ3) is 17.1. The van der Waals surface area contributed by atoms with Gasteiger partial charge < -0.3 is 5.32 Å². The topological polar surface area (TPSA) is 147 Å². The van der Waals surface area contributed by atoms with E-state index in [4.69, 9.17) is 0 Å². The second kappa shape index (κ2) is 22.7. The van der Waals surface area contributed by atoms with Crippen molar-refractivity contribution in [3.8, 4) is 12.1 Å². The van der Waals surface area contributed by atoms with Gasteiger partial charge >= 0.3 is 6.03 Å². The Morgan fingerprint density at radius 1 is 0.766 bits per heavy atom.